The SMILES string of the molecule is CCCCCCN1C[C@H]2N(C(=O)CN(C)N2C(=O)NCc2ccc(F)cc2)[C@@H](CCC)C1=O. The average Bonchev–Trinajstić information content (AvgIpc) is 2.78. The molecular weight excluding hydrogens is 425 g/mol. The Balaban J connectivity index is 1.78. The molecule has 2 fully saturated rings. The number of rotatable bonds is 9. The van der Waals surface area contributed by atoms with Crippen LogP contribution in [-0.2, 0) is 16.1 Å². The first-order chi connectivity index (χ1) is 15.9. The number of urea groups is 1. The summed E-state index contributed by atoms with van der Waals surface area (Å²) in [5.74, 6) is -0.487. The number of carbonyl (C=O) groups excluding carboxylic acids is 3. The molecule has 2 aliphatic rings. The van der Waals surface area contributed by atoms with Crippen molar-refractivity contribution < 1.29 is 18.8 Å². The lowest BCUT2D eigenvalue weighted by Gasteiger charge is -2.54. The number of halogens is 1. The van der Waals surface area contributed by atoms with Crippen LogP contribution in [0.15, 0.2) is 24.3 Å². The summed E-state index contributed by atoms with van der Waals surface area (Å²) in [6, 6.07) is 5.06. The molecule has 9 heteroatoms. The molecule has 182 valence electrons. The predicted molar refractivity (Wildman–Crippen MR) is 123 cm³/mol. The van der Waals surface area contributed by atoms with Crippen molar-refractivity contribution in [1.29, 1.82) is 0 Å². The number of piperazine rings is 1. The van der Waals surface area contributed by atoms with E-state index in [1.165, 1.54) is 12.1 Å². The Morgan fingerprint density at radius 1 is 1.09 bits per heavy atom. The third-order valence-electron chi connectivity index (χ3n) is 6.35. The lowest BCUT2D eigenvalue weighted by molar-refractivity contribution is -0.187. The minimum absolute atomic E-state index is 0.0193. The van der Waals surface area contributed by atoms with E-state index in [-0.39, 0.29) is 36.8 Å². The lowest BCUT2D eigenvalue weighted by Crippen LogP contribution is -2.75. The maximum atomic E-state index is 13.2. The van der Waals surface area contributed by atoms with Gasteiger partial charge in [0.15, 0.2) is 0 Å². The monoisotopic (exact) mass is 461 g/mol. The van der Waals surface area contributed by atoms with Crippen LogP contribution in [0.4, 0.5) is 9.18 Å². The summed E-state index contributed by atoms with van der Waals surface area (Å²) in [4.78, 5) is 42.9. The van der Waals surface area contributed by atoms with Gasteiger partial charge in [-0.3, -0.25) is 9.59 Å². The fraction of sp³-hybridized carbons (Fsp3) is 0.625. The van der Waals surface area contributed by atoms with E-state index in [0.29, 0.717) is 19.5 Å². The highest BCUT2D eigenvalue weighted by Crippen LogP contribution is 2.28. The van der Waals surface area contributed by atoms with Gasteiger partial charge in [-0.05, 0) is 30.5 Å². The van der Waals surface area contributed by atoms with Gasteiger partial charge in [0.25, 0.3) is 0 Å². The summed E-state index contributed by atoms with van der Waals surface area (Å²) in [6.07, 6.45) is 4.98. The third-order valence-corrected chi connectivity index (χ3v) is 6.35. The number of nitrogens with zero attached hydrogens (tertiary/aromatic N) is 4. The second kappa shape index (κ2) is 11.4. The summed E-state index contributed by atoms with van der Waals surface area (Å²) >= 11 is 0. The molecule has 0 spiro atoms. The van der Waals surface area contributed by atoms with Crippen LogP contribution < -0.4 is 5.32 Å². The minimum Gasteiger partial charge on any atom is -0.337 e. The molecule has 0 bridgehead atoms. The number of benzene rings is 1. The number of likely N-dealkylation sites (N-methyl/N-ethyl adjacent to an activating group) is 1. The molecule has 0 aromatic heterocycles. The average molecular weight is 462 g/mol. The molecule has 33 heavy (non-hydrogen) atoms. The van der Waals surface area contributed by atoms with E-state index in [0.717, 1.165) is 37.7 Å². The number of fused-ring (bicyclic) bond motifs is 1. The van der Waals surface area contributed by atoms with Gasteiger partial charge < -0.3 is 15.1 Å². The van der Waals surface area contributed by atoms with Crippen LogP contribution in [-0.4, -0.2) is 76.6 Å². The number of unbranched alkanes of at least 4 members (excludes halogenated alkanes) is 3. The molecule has 0 radical (unpaired) electrons. The molecule has 4 amide bonds. The van der Waals surface area contributed by atoms with Gasteiger partial charge in [-0.15, -0.1) is 0 Å². The van der Waals surface area contributed by atoms with Crippen LogP contribution in [0.25, 0.3) is 0 Å². The molecule has 8 nitrogen and oxygen atoms in total. The summed E-state index contributed by atoms with van der Waals surface area (Å²) in [5.41, 5.74) is 0.776. The molecule has 1 aromatic rings. The molecule has 2 aliphatic heterocycles. The predicted octanol–water partition coefficient (Wildman–Crippen LogP) is 2.94. The summed E-state index contributed by atoms with van der Waals surface area (Å²) < 4.78 is 13.2. The molecular formula is C24H36FN5O3. The van der Waals surface area contributed by atoms with Crippen molar-refractivity contribution >= 4 is 17.8 Å². The lowest BCUT2D eigenvalue weighted by atomic mass is 10.0. The zero-order chi connectivity index (χ0) is 24.0. The fourth-order valence-electron chi connectivity index (χ4n) is 4.65. The minimum atomic E-state index is -0.551. The number of amides is 4. The Morgan fingerprint density at radius 2 is 1.82 bits per heavy atom. The van der Waals surface area contributed by atoms with Crippen molar-refractivity contribution in [3.63, 3.8) is 0 Å². The normalized spacial score (nSPS) is 21.4. The molecule has 1 aromatic carbocycles. The van der Waals surface area contributed by atoms with Gasteiger partial charge >= 0.3 is 6.03 Å². The largest absolute Gasteiger partial charge is 0.337 e. The maximum Gasteiger partial charge on any atom is 0.334 e. The van der Waals surface area contributed by atoms with Gasteiger partial charge in [0.2, 0.25) is 11.8 Å². The Hall–Kier alpha value is -2.68. The first-order valence-electron chi connectivity index (χ1n) is 12.0. The number of hydrogen-bond acceptors (Lipinski definition) is 4. The number of nitrogens with one attached hydrogen (secondary N) is 1. The Morgan fingerprint density at radius 3 is 2.48 bits per heavy atom. The number of hydrogen-bond donors (Lipinski definition) is 1. The molecule has 2 saturated heterocycles. The standard InChI is InChI=1S/C24H36FN5O3/c1-4-6-7-8-14-28-16-21-29(20(9-5-2)23(28)32)22(31)17-27(3)30(21)24(33)26-15-18-10-12-19(25)13-11-18/h10-13,20-21H,4-9,14-17H2,1-3H3,(H,26,33)/t20-,21-/m0/s1. The maximum absolute atomic E-state index is 13.2. The molecule has 0 saturated carbocycles. The highest BCUT2D eigenvalue weighted by Gasteiger charge is 2.50. The quantitative estimate of drug-likeness (QED) is 0.574. The summed E-state index contributed by atoms with van der Waals surface area (Å²) in [5, 5.41) is 6.06. The van der Waals surface area contributed by atoms with E-state index in [1.807, 2.05) is 11.8 Å². The van der Waals surface area contributed by atoms with Crippen LogP contribution in [0.2, 0.25) is 0 Å². The smallest absolute Gasteiger partial charge is 0.334 e. The van der Waals surface area contributed by atoms with Gasteiger partial charge in [0.05, 0.1) is 13.1 Å². The van der Waals surface area contributed by atoms with Crippen LogP contribution in [0.3, 0.4) is 0 Å². The van der Waals surface area contributed by atoms with E-state index in [2.05, 4.69) is 12.2 Å². The van der Waals surface area contributed by atoms with Crippen LogP contribution in [0.5, 0.6) is 0 Å². The molecule has 2 atom stereocenters. The van der Waals surface area contributed by atoms with E-state index in [4.69, 9.17) is 0 Å². The van der Waals surface area contributed by atoms with Crippen molar-refractivity contribution in [2.75, 3.05) is 26.7 Å². The first-order valence-corrected chi connectivity index (χ1v) is 12.0. The topological polar surface area (TPSA) is 76.2 Å². The van der Waals surface area contributed by atoms with E-state index < -0.39 is 12.2 Å². The van der Waals surface area contributed by atoms with Gasteiger partial charge in [0, 0.05) is 20.1 Å². The Labute approximate surface area is 195 Å². The van der Waals surface area contributed by atoms with Gasteiger partial charge in [-0.25, -0.2) is 19.2 Å². The Bertz CT molecular complexity index is 834. The van der Waals surface area contributed by atoms with Crippen LogP contribution in [0.1, 0.15) is 57.9 Å². The third kappa shape index (κ3) is 5.82. The summed E-state index contributed by atoms with van der Waals surface area (Å²) in [7, 11) is 1.71. The second-order valence-electron chi connectivity index (χ2n) is 8.88. The fourth-order valence-corrected chi connectivity index (χ4v) is 4.65. The number of hydrazine groups is 1. The van der Waals surface area contributed by atoms with Crippen LogP contribution in [0, 0.1) is 5.82 Å². The van der Waals surface area contributed by atoms with Crippen molar-refractivity contribution in [1.82, 2.24) is 25.1 Å². The van der Waals surface area contributed by atoms with Gasteiger partial charge in [-0.1, -0.05) is 51.7 Å². The molecule has 0 aliphatic carbocycles. The molecule has 3 rings (SSSR count). The molecule has 0 unspecified atom stereocenters. The van der Waals surface area contributed by atoms with Gasteiger partial charge in [-0.2, -0.15) is 0 Å². The van der Waals surface area contributed by atoms with Crippen LogP contribution >= 0.6 is 0 Å². The highest BCUT2D eigenvalue weighted by atomic mass is 19.1. The zero-order valence-electron chi connectivity index (χ0n) is 19.9. The van der Waals surface area contributed by atoms with Crippen molar-refractivity contribution in [3.8, 4) is 0 Å². The van der Waals surface area contributed by atoms with E-state index >= 15 is 0 Å². The van der Waals surface area contributed by atoms with Crippen molar-refractivity contribution in [2.45, 2.75) is 71.1 Å². The second-order valence-corrected chi connectivity index (χ2v) is 8.88. The zero-order valence-corrected chi connectivity index (χ0v) is 19.9. The van der Waals surface area contributed by atoms with E-state index in [9.17, 15) is 18.8 Å². The summed E-state index contributed by atoms with van der Waals surface area (Å²) in [6.45, 7) is 5.34. The van der Waals surface area contributed by atoms with Crippen molar-refractivity contribution in [3.05, 3.63) is 35.6 Å². The van der Waals surface area contributed by atoms with E-state index in [1.54, 1.807) is 34.1 Å². The van der Waals surface area contributed by atoms with Gasteiger partial charge in [0.1, 0.15) is 18.0 Å². The van der Waals surface area contributed by atoms with Crippen molar-refractivity contribution in [2.24, 2.45) is 0 Å². The molecule has 2 heterocycles. The highest BCUT2D eigenvalue weighted by molar-refractivity contribution is 5.91. The first kappa shape index (κ1) is 25.0. The molecule has 1 N–H and O–H groups in total. The Kier molecular flexibility index (Phi) is 8.66. The number of carbonyl (C=O) groups is 3.